The highest BCUT2D eigenvalue weighted by Gasteiger charge is 2.31. The Morgan fingerprint density at radius 1 is 1.04 bits per heavy atom. The molecule has 0 N–H and O–H groups in total. The number of nitrogens with zero attached hydrogens (tertiary/aromatic N) is 1. The van der Waals surface area contributed by atoms with E-state index >= 15 is 0 Å². The second-order valence-corrected chi connectivity index (χ2v) is 8.00. The van der Waals surface area contributed by atoms with E-state index in [1.54, 1.807) is 4.90 Å². The summed E-state index contributed by atoms with van der Waals surface area (Å²) in [6, 6.07) is 4.34. The van der Waals surface area contributed by atoms with Gasteiger partial charge in [0.15, 0.2) is 0 Å². The maximum Gasteiger partial charge on any atom is 0.414 e. The van der Waals surface area contributed by atoms with Gasteiger partial charge in [-0.05, 0) is 61.4 Å². The smallest absolute Gasteiger partial charge is 0.414 e. The zero-order chi connectivity index (χ0) is 19.1. The quantitative estimate of drug-likeness (QED) is 0.608. The van der Waals surface area contributed by atoms with Crippen LogP contribution in [-0.4, -0.2) is 18.7 Å². The van der Waals surface area contributed by atoms with E-state index in [1.807, 2.05) is 0 Å². The minimum atomic E-state index is -0.198. The third-order valence-corrected chi connectivity index (χ3v) is 5.54. The van der Waals surface area contributed by atoms with Crippen LogP contribution >= 0.6 is 0 Å². The van der Waals surface area contributed by atoms with Gasteiger partial charge in [-0.1, -0.05) is 59.3 Å². The highest BCUT2D eigenvalue weighted by Crippen LogP contribution is 2.32. The molecule has 0 radical (unpaired) electrons. The number of amides is 1. The summed E-state index contributed by atoms with van der Waals surface area (Å²) in [5.74, 6) is 0.841. The summed E-state index contributed by atoms with van der Waals surface area (Å²) in [6.07, 6.45) is 10.1. The van der Waals surface area contributed by atoms with Crippen molar-refractivity contribution < 1.29 is 9.53 Å². The van der Waals surface area contributed by atoms with Crippen LogP contribution in [0.25, 0.3) is 0 Å². The van der Waals surface area contributed by atoms with Gasteiger partial charge in [-0.3, -0.25) is 4.90 Å². The van der Waals surface area contributed by atoms with Crippen molar-refractivity contribution in [3.63, 3.8) is 0 Å². The number of cyclic esters (lactones) is 1. The number of benzene rings is 1. The lowest BCUT2D eigenvalue weighted by Gasteiger charge is -2.24. The number of anilines is 1. The monoisotopic (exact) mass is 359 g/mol. The summed E-state index contributed by atoms with van der Waals surface area (Å²) in [6.45, 7) is 11.4. The largest absolute Gasteiger partial charge is 0.444 e. The van der Waals surface area contributed by atoms with Crippen molar-refractivity contribution in [1.29, 1.82) is 0 Å². The maximum absolute atomic E-state index is 12.1. The fraction of sp³-hybridized carbons (Fsp3) is 0.696. The molecule has 0 bridgehead atoms. The number of hydrogen-bond acceptors (Lipinski definition) is 2. The van der Waals surface area contributed by atoms with E-state index < -0.39 is 0 Å². The van der Waals surface area contributed by atoms with Crippen LogP contribution < -0.4 is 4.90 Å². The Bertz CT molecular complexity index is 567. The second kappa shape index (κ2) is 9.99. The molecule has 1 saturated heterocycles. The topological polar surface area (TPSA) is 29.5 Å². The average molecular weight is 360 g/mol. The minimum absolute atomic E-state index is 0.0324. The van der Waals surface area contributed by atoms with Crippen LogP contribution in [0.4, 0.5) is 10.5 Å². The fourth-order valence-electron chi connectivity index (χ4n) is 4.07. The van der Waals surface area contributed by atoms with Crippen LogP contribution in [0.15, 0.2) is 12.1 Å². The summed E-state index contributed by atoms with van der Waals surface area (Å²) in [5.41, 5.74) is 5.12. The fourth-order valence-corrected chi connectivity index (χ4v) is 4.07. The standard InChI is InChI=1S/C20H29NO2.C3H8/c1-4-18-13-21(20(22)23-18)17-10-14(2)19(15(3)11-17)12-16-8-6-5-7-9-16;1-3-2/h10-11,16,18H,4-9,12-13H2,1-3H3;3H2,1-2H3. The molecule has 1 aromatic carbocycles. The summed E-state index contributed by atoms with van der Waals surface area (Å²) in [5, 5.41) is 0. The Hall–Kier alpha value is -1.51. The van der Waals surface area contributed by atoms with Crippen molar-refractivity contribution in [1.82, 2.24) is 0 Å². The molecular formula is C23H37NO2. The summed E-state index contributed by atoms with van der Waals surface area (Å²) >= 11 is 0. The Kier molecular flexibility index (Phi) is 7.99. The van der Waals surface area contributed by atoms with E-state index in [2.05, 4.69) is 46.8 Å². The molecule has 1 amide bonds. The highest BCUT2D eigenvalue weighted by atomic mass is 16.6. The third-order valence-electron chi connectivity index (χ3n) is 5.54. The van der Waals surface area contributed by atoms with Crippen molar-refractivity contribution in [3.05, 3.63) is 28.8 Å². The Morgan fingerprint density at radius 2 is 1.62 bits per heavy atom. The first-order valence-electron chi connectivity index (χ1n) is 10.6. The highest BCUT2D eigenvalue weighted by molar-refractivity contribution is 5.90. The molecule has 3 nitrogen and oxygen atoms in total. The molecular weight excluding hydrogens is 322 g/mol. The molecule has 1 aliphatic carbocycles. The normalized spacial score (nSPS) is 20.6. The van der Waals surface area contributed by atoms with Crippen LogP contribution in [0.5, 0.6) is 0 Å². The number of hydrogen-bond donors (Lipinski definition) is 0. The first-order chi connectivity index (χ1) is 12.5. The van der Waals surface area contributed by atoms with Crippen molar-refractivity contribution in [3.8, 4) is 0 Å². The summed E-state index contributed by atoms with van der Waals surface area (Å²) < 4.78 is 5.40. The first-order valence-corrected chi connectivity index (χ1v) is 10.6. The van der Waals surface area contributed by atoms with Gasteiger partial charge in [0.05, 0.1) is 6.54 Å². The van der Waals surface area contributed by atoms with Crippen LogP contribution in [0.2, 0.25) is 0 Å². The molecule has 1 unspecified atom stereocenters. The molecule has 146 valence electrons. The van der Waals surface area contributed by atoms with Gasteiger partial charge in [-0.15, -0.1) is 0 Å². The lowest BCUT2D eigenvalue weighted by molar-refractivity contribution is 0.139. The number of carbonyl (C=O) groups is 1. The number of rotatable bonds is 4. The molecule has 2 aliphatic rings. The zero-order valence-electron chi connectivity index (χ0n) is 17.4. The van der Waals surface area contributed by atoms with E-state index in [0.717, 1.165) is 18.0 Å². The minimum Gasteiger partial charge on any atom is -0.444 e. The number of ether oxygens (including phenoxy) is 1. The molecule has 1 aromatic rings. The molecule has 0 aromatic heterocycles. The molecule has 0 spiro atoms. The van der Waals surface area contributed by atoms with Gasteiger partial charge >= 0.3 is 6.09 Å². The van der Waals surface area contributed by atoms with Crippen molar-refractivity contribution in [2.45, 2.75) is 92.1 Å². The van der Waals surface area contributed by atoms with Crippen molar-refractivity contribution >= 4 is 11.8 Å². The zero-order valence-corrected chi connectivity index (χ0v) is 17.4. The van der Waals surface area contributed by atoms with Crippen LogP contribution in [-0.2, 0) is 11.2 Å². The van der Waals surface area contributed by atoms with E-state index in [0.29, 0.717) is 6.54 Å². The molecule has 3 heteroatoms. The second-order valence-electron chi connectivity index (χ2n) is 8.00. The molecule has 1 atom stereocenters. The van der Waals surface area contributed by atoms with Gasteiger partial charge in [0.25, 0.3) is 0 Å². The molecule has 2 fully saturated rings. The van der Waals surface area contributed by atoms with Crippen molar-refractivity contribution in [2.24, 2.45) is 5.92 Å². The van der Waals surface area contributed by atoms with Crippen LogP contribution in [0, 0.1) is 19.8 Å². The van der Waals surface area contributed by atoms with Gasteiger partial charge < -0.3 is 4.74 Å². The molecule has 1 aliphatic heterocycles. The van der Waals surface area contributed by atoms with Gasteiger partial charge in [0.1, 0.15) is 6.10 Å². The van der Waals surface area contributed by atoms with E-state index in [1.165, 1.54) is 61.6 Å². The van der Waals surface area contributed by atoms with E-state index in [4.69, 9.17) is 4.74 Å². The van der Waals surface area contributed by atoms with Crippen molar-refractivity contribution in [2.75, 3.05) is 11.4 Å². The molecule has 26 heavy (non-hydrogen) atoms. The summed E-state index contributed by atoms with van der Waals surface area (Å²) in [4.78, 5) is 13.9. The summed E-state index contributed by atoms with van der Waals surface area (Å²) in [7, 11) is 0. The Balaban J connectivity index is 0.000000758. The Morgan fingerprint density at radius 3 is 2.12 bits per heavy atom. The Labute approximate surface area is 160 Å². The van der Waals surface area contributed by atoms with Gasteiger partial charge in [-0.25, -0.2) is 4.79 Å². The third kappa shape index (κ3) is 5.25. The van der Waals surface area contributed by atoms with E-state index in [9.17, 15) is 4.79 Å². The number of carbonyl (C=O) groups excluding carboxylic acids is 1. The van der Waals surface area contributed by atoms with Gasteiger partial charge in [0.2, 0.25) is 0 Å². The first kappa shape index (κ1) is 20.8. The van der Waals surface area contributed by atoms with Gasteiger partial charge in [0, 0.05) is 5.69 Å². The average Bonchev–Trinajstić information content (AvgIpc) is 3.00. The molecule has 1 heterocycles. The predicted octanol–water partition coefficient (Wildman–Crippen LogP) is 6.58. The van der Waals surface area contributed by atoms with Crippen LogP contribution in [0.3, 0.4) is 0 Å². The lowest BCUT2D eigenvalue weighted by atomic mass is 9.82. The number of aryl methyl sites for hydroxylation is 2. The van der Waals surface area contributed by atoms with Gasteiger partial charge in [-0.2, -0.15) is 0 Å². The predicted molar refractivity (Wildman–Crippen MR) is 110 cm³/mol. The maximum atomic E-state index is 12.1. The lowest BCUT2D eigenvalue weighted by Crippen LogP contribution is -2.24. The van der Waals surface area contributed by atoms with E-state index in [-0.39, 0.29) is 12.2 Å². The SMILES string of the molecule is CCC.CCC1CN(c2cc(C)c(CC3CCCCC3)c(C)c2)C(=O)O1. The van der Waals surface area contributed by atoms with Crippen LogP contribution in [0.1, 0.15) is 82.4 Å². The molecule has 1 saturated carbocycles. The molecule has 3 rings (SSSR count).